The molecule has 2 aromatic rings. The Morgan fingerprint density at radius 2 is 1.91 bits per heavy atom. The Kier molecular flexibility index (Phi) is 3.38. The van der Waals surface area contributed by atoms with Crippen molar-refractivity contribution in [3.05, 3.63) is 35.7 Å². The number of rotatable bonds is 2. The first-order chi connectivity index (χ1) is 10.4. The molecule has 3 rings (SSSR count). The Morgan fingerprint density at radius 3 is 2.50 bits per heavy atom. The first kappa shape index (κ1) is 14.6. The third-order valence-electron chi connectivity index (χ3n) is 3.73. The predicted octanol–water partition coefficient (Wildman–Crippen LogP) is 2.93. The molecule has 1 atom stereocenters. The summed E-state index contributed by atoms with van der Waals surface area (Å²) >= 11 is 0. The van der Waals surface area contributed by atoms with Crippen molar-refractivity contribution in [3.8, 4) is 11.4 Å². The van der Waals surface area contributed by atoms with Gasteiger partial charge in [-0.15, -0.1) is 10.2 Å². The molecule has 1 aliphatic heterocycles. The molecule has 0 bridgehead atoms. The van der Waals surface area contributed by atoms with Crippen molar-refractivity contribution in [1.82, 2.24) is 14.8 Å². The van der Waals surface area contributed by atoms with Crippen LogP contribution in [0.2, 0.25) is 0 Å². The van der Waals surface area contributed by atoms with Gasteiger partial charge in [0.05, 0.1) is 5.56 Å². The van der Waals surface area contributed by atoms with E-state index < -0.39 is 23.6 Å². The minimum absolute atomic E-state index is 0.355. The lowest BCUT2D eigenvalue weighted by Gasteiger charge is -2.20. The Bertz CT molecular complexity index is 707. The van der Waals surface area contributed by atoms with Gasteiger partial charge in [0, 0.05) is 12.1 Å². The van der Waals surface area contributed by atoms with Crippen molar-refractivity contribution in [1.29, 1.82) is 0 Å². The van der Waals surface area contributed by atoms with Crippen LogP contribution >= 0.6 is 0 Å². The van der Waals surface area contributed by atoms with E-state index in [-0.39, 0.29) is 0 Å². The van der Waals surface area contributed by atoms with Crippen LogP contribution in [0.4, 0.5) is 13.2 Å². The van der Waals surface area contributed by atoms with E-state index in [1.165, 1.54) is 12.1 Å². The molecule has 0 saturated carbocycles. The average Bonchev–Trinajstić information content (AvgIpc) is 2.90. The Morgan fingerprint density at radius 1 is 1.23 bits per heavy atom. The summed E-state index contributed by atoms with van der Waals surface area (Å²) in [7, 11) is 0. The molecule has 0 saturated heterocycles. The van der Waals surface area contributed by atoms with E-state index in [0.717, 1.165) is 12.1 Å². The van der Waals surface area contributed by atoms with Crippen molar-refractivity contribution in [2.75, 3.05) is 0 Å². The molecular formula is C14H12F3N3O2. The molecule has 1 unspecified atom stereocenters. The van der Waals surface area contributed by atoms with E-state index in [1.807, 2.05) is 0 Å². The number of alkyl halides is 3. The molecule has 2 heterocycles. The zero-order chi connectivity index (χ0) is 15.9. The van der Waals surface area contributed by atoms with Gasteiger partial charge in [-0.3, -0.25) is 4.79 Å². The topological polar surface area (TPSA) is 68.0 Å². The van der Waals surface area contributed by atoms with E-state index in [0.29, 0.717) is 36.6 Å². The molecular weight excluding hydrogens is 299 g/mol. The number of hydrogen-bond donors (Lipinski definition) is 1. The zero-order valence-electron chi connectivity index (χ0n) is 11.3. The van der Waals surface area contributed by atoms with Gasteiger partial charge in [0.2, 0.25) is 0 Å². The molecule has 5 nitrogen and oxygen atoms in total. The Hall–Kier alpha value is -2.38. The molecule has 0 fully saturated rings. The minimum Gasteiger partial charge on any atom is -0.481 e. The van der Waals surface area contributed by atoms with Crippen LogP contribution in [0.1, 0.15) is 30.1 Å². The highest BCUT2D eigenvalue weighted by atomic mass is 19.4. The summed E-state index contributed by atoms with van der Waals surface area (Å²) in [4.78, 5) is 11.2. The third kappa shape index (κ3) is 2.44. The van der Waals surface area contributed by atoms with Gasteiger partial charge >= 0.3 is 12.1 Å². The summed E-state index contributed by atoms with van der Waals surface area (Å²) in [5.74, 6) is -0.930. The second kappa shape index (κ2) is 5.11. The highest BCUT2D eigenvalue weighted by molar-refractivity contribution is 5.75. The second-order valence-corrected chi connectivity index (χ2v) is 5.14. The van der Waals surface area contributed by atoms with Crippen LogP contribution in [-0.4, -0.2) is 25.8 Å². The first-order valence-electron chi connectivity index (χ1n) is 6.71. The number of carboxylic acids is 1. The monoisotopic (exact) mass is 311 g/mol. The van der Waals surface area contributed by atoms with Gasteiger partial charge in [-0.2, -0.15) is 13.2 Å². The Balaban J connectivity index is 1.98. The maximum absolute atomic E-state index is 12.6. The molecule has 1 N–H and O–H groups in total. The summed E-state index contributed by atoms with van der Waals surface area (Å²) in [6, 6.07) is 4.61. The van der Waals surface area contributed by atoms with Crippen molar-refractivity contribution in [2.24, 2.45) is 0 Å². The van der Waals surface area contributed by atoms with Gasteiger partial charge in [-0.1, -0.05) is 12.1 Å². The number of halogens is 3. The lowest BCUT2D eigenvalue weighted by atomic mass is 9.99. The normalized spacial score (nSPS) is 18.0. The summed E-state index contributed by atoms with van der Waals surface area (Å²) in [5.41, 5.74) is -0.254. The minimum atomic E-state index is -4.39. The molecule has 0 spiro atoms. The van der Waals surface area contributed by atoms with Gasteiger partial charge in [-0.25, -0.2) is 0 Å². The number of fused-ring (bicyclic) bond motifs is 1. The van der Waals surface area contributed by atoms with Crippen LogP contribution in [0.15, 0.2) is 24.3 Å². The lowest BCUT2D eigenvalue weighted by Crippen LogP contribution is -2.22. The number of aliphatic carboxylic acids is 1. The summed E-state index contributed by atoms with van der Waals surface area (Å²) < 4.78 is 39.4. The van der Waals surface area contributed by atoms with Gasteiger partial charge < -0.3 is 9.67 Å². The van der Waals surface area contributed by atoms with Crippen molar-refractivity contribution >= 4 is 5.97 Å². The molecule has 1 aromatic heterocycles. The molecule has 0 amide bonds. The molecule has 1 aromatic carbocycles. The zero-order valence-corrected chi connectivity index (χ0v) is 11.3. The van der Waals surface area contributed by atoms with E-state index in [2.05, 4.69) is 10.2 Å². The number of benzene rings is 1. The predicted molar refractivity (Wildman–Crippen MR) is 70.1 cm³/mol. The molecule has 8 heteroatoms. The maximum atomic E-state index is 12.6. The highest BCUT2D eigenvalue weighted by Crippen LogP contribution is 2.33. The van der Waals surface area contributed by atoms with E-state index >= 15 is 0 Å². The van der Waals surface area contributed by atoms with Crippen LogP contribution in [0.5, 0.6) is 0 Å². The number of carbonyl (C=O) groups is 1. The number of carboxylic acid groups (broad SMARTS) is 1. The standard InChI is InChI=1S/C14H12F3N3O2/c15-14(16,17)9-5-3-8(4-6-9)11-18-19-12-10(13(21)22)2-1-7-20(11)12/h3-6,10H,1-2,7H2,(H,21,22). The molecule has 1 aliphatic rings. The Labute approximate surface area is 123 Å². The molecule has 116 valence electrons. The molecule has 0 aliphatic carbocycles. The molecule has 0 radical (unpaired) electrons. The SMILES string of the molecule is O=C(O)C1CCCn2c(-c3ccc(C(F)(F)F)cc3)nnc21. The van der Waals surface area contributed by atoms with Crippen LogP contribution in [0.3, 0.4) is 0 Å². The largest absolute Gasteiger partial charge is 0.481 e. The second-order valence-electron chi connectivity index (χ2n) is 5.14. The lowest BCUT2D eigenvalue weighted by molar-refractivity contribution is -0.139. The van der Waals surface area contributed by atoms with Gasteiger partial charge in [0.15, 0.2) is 5.82 Å². The van der Waals surface area contributed by atoms with Crippen molar-refractivity contribution in [3.63, 3.8) is 0 Å². The summed E-state index contributed by atoms with van der Waals surface area (Å²) in [6.07, 6.45) is -3.24. The van der Waals surface area contributed by atoms with E-state index in [4.69, 9.17) is 0 Å². The fourth-order valence-corrected chi connectivity index (χ4v) is 2.63. The van der Waals surface area contributed by atoms with Crippen LogP contribution in [-0.2, 0) is 17.5 Å². The van der Waals surface area contributed by atoms with Crippen molar-refractivity contribution < 1.29 is 23.1 Å². The first-order valence-corrected chi connectivity index (χ1v) is 6.71. The van der Waals surface area contributed by atoms with Gasteiger partial charge in [0.1, 0.15) is 11.7 Å². The quantitative estimate of drug-likeness (QED) is 0.926. The average molecular weight is 311 g/mol. The van der Waals surface area contributed by atoms with Crippen LogP contribution in [0, 0.1) is 0 Å². The summed E-state index contributed by atoms with van der Waals surface area (Å²) in [6.45, 7) is 0.558. The third-order valence-corrected chi connectivity index (χ3v) is 3.73. The summed E-state index contributed by atoms with van der Waals surface area (Å²) in [5, 5.41) is 17.1. The number of hydrogen-bond acceptors (Lipinski definition) is 3. The molecule has 22 heavy (non-hydrogen) atoms. The number of aromatic nitrogens is 3. The fourth-order valence-electron chi connectivity index (χ4n) is 2.63. The fraction of sp³-hybridized carbons (Fsp3) is 0.357. The highest BCUT2D eigenvalue weighted by Gasteiger charge is 2.32. The van der Waals surface area contributed by atoms with E-state index in [9.17, 15) is 23.1 Å². The van der Waals surface area contributed by atoms with Crippen molar-refractivity contribution in [2.45, 2.75) is 31.5 Å². The van der Waals surface area contributed by atoms with Crippen LogP contribution in [0.25, 0.3) is 11.4 Å². The maximum Gasteiger partial charge on any atom is 0.416 e. The van der Waals surface area contributed by atoms with Gasteiger partial charge in [-0.05, 0) is 25.0 Å². The van der Waals surface area contributed by atoms with Gasteiger partial charge in [0.25, 0.3) is 0 Å². The number of nitrogens with zero attached hydrogens (tertiary/aromatic N) is 3. The van der Waals surface area contributed by atoms with E-state index in [1.54, 1.807) is 4.57 Å². The van der Waals surface area contributed by atoms with Crippen LogP contribution < -0.4 is 0 Å². The smallest absolute Gasteiger partial charge is 0.416 e.